The average Bonchev–Trinajstić information content (AvgIpc) is 2.53. The fraction of sp³-hybridized carbons (Fsp3) is 0.0667. The number of nitrogens with zero attached hydrogens (tertiary/aromatic N) is 3. The first-order valence-electron chi connectivity index (χ1n) is 6.03. The van der Waals surface area contributed by atoms with Crippen LogP contribution in [-0.2, 0) is 6.54 Å². The van der Waals surface area contributed by atoms with Crippen LogP contribution in [0.15, 0.2) is 55.9 Å². The Bertz CT molecular complexity index is 620. The Morgan fingerprint density at radius 1 is 1.20 bits per heavy atom. The fourth-order valence-corrected chi connectivity index (χ4v) is 1.57. The monoisotopic (exact) mass is 266 g/mol. The van der Waals surface area contributed by atoms with Crippen molar-refractivity contribution in [2.24, 2.45) is 0 Å². The summed E-state index contributed by atoms with van der Waals surface area (Å²) in [5, 5.41) is 10.2. The Morgan fingerprint density at radius 2 is 1.90 bits per heavy atom. The quantitative estimate of drug-likeness (QED) is 0.840. The van der Waals surface area contributed by atoms with E-state index in [4.69, 9.17) is 0 Å². The number of nitrogens with one attached hydrogen (secondary N) is 1. The molecule has 5 nitrogen and oxygen atoms in total. The molecule has 0 saturated heterocycles. The summed E-state index contributed by atoms with van der Waals surface area (Å²) in [5.74, 6) is 0.283. The first-order chi connectivity index (χ1) is 9.70. The molecule has 0 radical (unpaired) electrons. The number of carbonyl (C=O) groups is 1. The van der Waals surface area contributed by atoms with E-state index in [2.05, 4.69) is 33.7 Å². The van der Waals surface area contributed by atoms with Crippen molar-refractivity contribution < 1.29 is 4.79 Å². The van der Waals surface area contributed by atoms with E-state index < -0.39 is 0 Å². The van der Waals surface area contributed by atoms with E-state index in [-0.39, 0.29) is 12.5 Å². The predicted molar refractivity (Wildman–Crippen MR) is 76.7 cm³/mol. The van der Waals surface area contributed by atoms with Gasteiger partial charge in [-0.15, -0.1) is 5.10 Å². The number of carbonyl (C=O) groups excluding carboxylic acids is 1. The van der Waals surface area contributed by atoms with E-state index in [1.807, 2.05) is 12.1 Å². The highest BCUT2D eigenvalue weighted by Crippen LogP contribution is 2.13. The number of amides is 1. The Kier molecular flexibility index (Phi) is 4.34. The van der Waals surface area contributed by atoms with Crippen molar-refractivity contribution >= 4 is 11.5 Å². The molecule has 2 aromatic rings. The molecule has 5 heteroatoms. The van der Waals surface area contributed by atoms with Crippen molar-refractivity contribution in [1.82, 2.24) is 20.5 Å². The molecule has 0 spiro atoms. The summed E-state index contributed by atoms with van der Waals surface area (Å²) in [6.07, 6.45) is 4.69. The third kappa shape index (κ3) is 3.35. The smallest absolute Gasteiger partial charge is 0.251 e. The number of hydrogen-bond acceptors (Lipinski definition) is 4. The SMILES string of the molecule is C=CC(=C)c1ccc(C(=O)NCc2nccnn2)cc1. The van der Waals surface area contributed by atoms with Gasteiger partial charge in [-0.2, -0.15) is 5.10 Å². The highest BCUT2D eigenvalue weighted by molar-refractivity contribution is 5.94. The lowest BCUT2D eigenvalue weighted by atomic mass is 10.1. The minimum Gasteiger partial charge on any atom is -0.345 e. The summed E-state index contributed by atoms with van der Waals surface area (Å²) >= 11 is 0. The average molecular weight is 266 g/mol. The molecular formula is C15H14N4O. The van der Waals surface area contributed by atoms with Crippen LogP contribution in [0.3, 0.4) is 0 Å². The number of allylic oxidation sites excluding steroid dienone is 2. The third-order valence-corrected chi connectivity index (χ3v) is 2.70. The van der Waals surface area contributed by atoms with Crippen molar-refractivity contribution in [3.63, 3.8) is 0 Å². The van der Waals surface area contributed by atoms with Crippen LogP contribution in [0.2, 0.25) is 0 Å². The maximum atomic E-state index is 11.9. The third-order valence-electron chi connectivity index (χ3n) is 2.70. The molecule has 0 fully saturated rings. The second-order valence-corrected chi connectivity index (χ2v) is 4.05. The van der Waals surface area contributed by atoms with Gasteiger partial charge in [0.1, 0.15) is 0 Å². The van der Waals surface area contributed by atoms with Gasteiger partial charge >= 0.3 is 0 Å². The van der Waals surface area contributed by atoms with Gasteiger partial charge in [-0.3, -0.25) is 4.79 Å². The molecule has 0 atom stereocenters. The van der Waals surface area contributed by atoms with Gasteiger partial charge in [0.05, 0.1) is 12.7 Å². The maximum absolute atomic E-state index is 11.9. The van der Waals surface area contributed by atoms with Gasteiger partial charge in [0, 0.05) is 11.8 Å². The summed E-state index contributed by atoms with van der Waals surface area (Å²) in [6.45, 7) is 7.75. The van der Waals surface area contributed by atoms with Crippen LogP contribution in [0.5, 0.6) is 0 Å². The molecule has 1 amide bonds. The van der Waals surface area contributed by atoms with Gasteiger partial charge in [0.2, 0.25) is 0 Å². The Hall–Kier alpha value is -2.82. The molecule has 0 saturated carbocycles. The fourth-order valence-electron chi connectivity index (χ4n) is 1.57. The Balaban J connectivity index is 1.99. The number of rotatable bonds is 5. The van der Waals surface area contributed by atoms with E-state index in [1.54, 1.807) is 18.2 Å². The van der Waals surface area contributed by atoms with Gasteiger partial charge in [0.25, 0.3) is 5.91 Å². The second kappa shape index (κ2) is 6.38. The minimum atomic E-state index is -0.187. The van der Waals surface area contributed by atoms with Crippen LogP contribution in [0.25, 0.3) is 5.57 Å². The summed E-state index contributed by atoms with van der Waals surface area (Å²) in [7, 11) is 0. The highest BCUT2D eigenvalue weighted by atomic mass is 16.1. The molecule has 0 unspecified atom stereocenters. The molecule has 0 aliphatic carbocycles. The van der Waals surface area contributed by atoms with Gasteiger partial charge in [0.15, 0.2) is 5.82 Å². The minimum absolute atomic E-state index is 0.187. The normalized spacial score (nSPS) is 9.80. The maximum Gasteiger partial charge on any atom is 0.251 e. The van der Waals surface area contributed by atoms with Crippen LogP contribution in [0.4, 0.5) is 0 Å². The summed E-state index contributed by atoms with van der Waals surface area (Å²) in [4.78, 5) is 15.9. The van der Waals surface area contributed by atoms with Crippen molar-refractivity contribution in [2.45, 2.75) is 6.54 Å². The van der Waals surface area contributed by atoms with Crippen molar-refractivity contribution in [3.05, 3.63) is 72.8 Å². The van der Waals surface area contributed by atoms with E-state index in [0.717, 1.165) is 11.1 Å². The molecule has 100 valence electrons. The first-order valence-corrected chi connectivity index (χ1v) is 6.03. The summed E-state index contributed by atoms with van der Waals surface area (Å²) in [6, 6.07) is 7.14. The second-order valence-electron chi connectivity index (χ2n) is 4.05. The zero-order valence-corrected chi connectivity index (χ0v) is 10.9. The first kappa shape index (κ1) is 13.6. The molecule has 20 heavy (non-hydrogen) atoms. The summed E-state index contributed by atoms with van der Waals surface area (Å²) < 4.78 is 0. The van der Waals surface area contributed by atoms with Crippen LogP contribution < -0.4 is 5.32 Å². The Labute approximate surface area is 117 Å². The molecule has 1 aromatic heterocycles. The number of aromatic nitrogens is 3. The zero-order valence-electron chi connectivity index (χ0n) is 10.9. The van der Waals surface area contributed by atoms with Crippen molar-refractivity contribution in [3.8, 4) is 0 Å². The molecule has 1 N–H and O–H groups in total. The number of hydrogen-bond donors (Lipinski definition) is 1. The lowest BCUT2D eigenvalue weighted by molar-refractivity contribution is 0.0949. The lowest BCUT2D eigenvalue weighted by Gasteiger charge is -2.05. The van der Waals surface area contributed by atoms with E-state index >= 15 is 0 Å². The molecule has 2 rings (SSSR count). The van der Waals surface area contributed by atoms with Crippen LogP contribution in [0, 0.1) is 0 Å². The topological polar surface area (TPSA) is 67.8 Å². The van der Waals surface area contributed by atoms with E-state index in [9.17, 15) is 4.79 Å². The van der Waals surface area contributed by atoms with Gasteiger partial charge in [-0.1, -0.05) is 31.4 Å². The number of benzene rings is 1. The molecule has 0 aliphatic rings. The zero-order chi connectivity index (χ0) is 14.4. The van der Waals surface area contributed by atoms with Crippen molar-refractivity contribution in [1.29, 1.82) is 0 Å². The molecule has 0 bridgehead atoms. The highest BCUT2D eigenvalue weighted by Gasteiger charge is 2.06. The van der Waals surface area contributed by atoms with Gasteiger partial charge in [-0.05, 0) is 23.3 Å². The van der Waals surface area contributed by atoms with Gasteiger partial charge < -0.3 is 5.32 Å². The standard InChI is InChI=1S/C15H14N4O/c1-3-11(2)12-4-6-13(7-5-12)15(20)17-10-14-16-8-9-18-19-14/h3-9H,1-2,10H2,(H,17,20). The molecule has 0 aliphatic heterocycles. The largest absolute Gasteiger partial charge is 0.345 e. The van der Waals surface area contributed by atoms with Crippen LogP contribution >= 0.6 is 0 Å². The molecule has 1 heterocycles. The van der Waals surface area contributed by atoms with Crippen LogP contribution in [0.1, 0.15) is 21.7 Å². The summed E-state index contributed by atoms with van der Waals surface area (Å²) in [5.41, 5.74) is 2.32. The van der Waals surface area contributed by atoms with E-state index in [0.29, 0.717) is 11.4 Å². The van der Waals surface area contributed by atoms with Crippen LogP contribution in [-0.4, -0.2) is 21.1 Å². The Morgan fingerprint density at radius 3 is 2.50 bits per heavy atom. The molecule has 1 aromatic carbocycles. The van der Waals surface area contributed by atoms with Gasteiger partial charge in [-0.25, -0.2) is 4.98 Å². The van der Waals surface area contributed by atoms with E-state index in [1.165, 1.54) is 12.4 Å². The predicted octanol–water partition coefficient (Wildman–Crippen LogP) is 2.00. The lowest BCUT2D eigenvalue weighted by Crippen LogP contribution is -2.24. The van der Waals surface area contributed by atoms with Crippen molar-refractivity contribution in [2.75, 3.05) is 0 Å². The molecular weight excluding hydrogens is 252 g/mol.